The van der Waals surface area contributed by atoms with Gasteiger partial charge in [0.25, 0.3) is 5.69 Å². The van der Waals surface area contributed by atoms with Crippen LogP contribution in [0, 0.1) is 10.1 Å². The molecule has 18 heavy (non-hydrogen) atoms. The summed E-state index contributed by atoms with van der Waals surface area (Å²) in [4.78, 5) is 11.4. The molecule has 4 heteroatoms. The van der Waals surface area contributed by atoms with Crippen LogP contribution in [0.15, 0.2) is 59.5 Å². The normalized spacial score (nSPS) is 12.1. The molecule has 3 nitrogen and oxygen atoms in total. The van der Waals surface area contributed by atoms with Gasteiger partial charge in [-0.15, -0.1) is 0 Å². The minimum Gasteiger partial charge on any atom is -0.258 e. The van der Waals surface area contributed by atoms with Crippen LogP contribution >= 0.6 is 0 Å². The molecule has 2 rings (SSSR count). The van der Waals surface area contributed by atoms with Gasteiger partial charge in [-0.1, -0.05) is 30.3 Å². The lowest BCUT2D eigenvalue weighted by molar-refractivity contribution is -0.384. The maximum Gasteiger partial charge on any atom is 0.269 e. The molecule has 2 aromatic carbocycles. The highest BCUT2D eigenvalue weighted by Crippen LogP contribution is 2.20. The predicted octanol–water partition coefficient (Wildman–Crippen LogP) is 3.40. The van der Waals surface area contributed by atoms with Gasteiger partial charge in [-0.2, -0.15) is 0 Å². The monoisotopic (exact) mass is 260 g/mol. The van der Waals surface area contributed by atoms with Gasteiger partial charge in [0.2, 0.25) is 0 Å². The molecular formula is C14H14NO2S+. The molecule has 0 heterocycles. The minimum absolute atomic E-state index is 0.0715. The molecule has 0 aromatic heterocycles. The highest BCUT2D eigenvalue weighted by Gasteiger charge is 2.17. The van der Waals surface area contributed by atoms with E-state index in [-0.39, 0.29) is 21.5 Å². The summed E-state index contributed by atoms with van der Waals surface area (Å²) < 4.78 is 0. The van der Waals surface area contributed by atoms with Crippen molar-refractivity contribution in [1.29, 1.82) is 0 Å². The summed E-state index contributed by atoms with van der Waals surface area (Å²) in [5.74, 6) is 0.971. The van der Waals surface area contributed by atoms with Crippen LogP contribution in [0.2, 0.25) is 0 Å². The van der Waals surface area contributed by atoms with E-state index >= 15 is 0 Å². The molecule has 0 aliphatic heterocycles. The number of nitro benzene ring substituents is 1. The minimum atomic E-state index is -0.366. The van der Waals surface area contributed by atoms with E-state index in [0.717, 1.165) is 10.6 Å². The van der Waals surface area contributed by atoms with E-state index < -0.39 is 0 Å². The van der Waals surface area contributed by atoms with E-state index in [1.807, 2.05) is 30.3 Å². The van der Waals surface area contributed by atoms with Crippen molar-refractivity contribution in [2.45, 2.75) is 10.6 Å². The van der Waals surface area contributed by atoms with Crippen LogP contribution in [0.3, 0.4) is 0 Å². The number of benzene rings is 2. The Kier molecular flexibility index (Phi) is 3.99. The van der Waals surface area contributed by atoms with Gasteiger partial charge in [0.1, 0.15) is 12.0 Å². The largest absolute Gasteiger partial charge is 0.269 e. The lowest BCUT2D eigenvalue weighted by atomic mass is 10.2. The maximum atomic E-state index is 10.6. The van der Waals surface area contributed by atoms with Crippen LogP contribution < -0.4 is 0 Å². The van der Waals surface area contributed by atoms with Gasteiger partial charge in [0.05, 0.1) is 4.92 Å². The summed E-state index contributed by atoms with van der Waals surface area (Å²) >= 11 is 0. The topological polar surface area (TPSA) is 43.1 Å². The Morgan fingerprint density at radius 1 is 1.06 bits per heavy atom. The Morgan fingerprint density at radius 2 is 1.67 bits per heavy atom. The average Bonchev–Trinajstić information content (AvgIpc) is 2.40. The van der Waals surface area contributed by atoms with Crippen molar-refractivity contribution in [2.24, 2.45) is 0 Å². The molecule has 1 atom stereocenters. The van der Waals surface area contributed by atoms with Crippen molar-refractivity contribution in [3.05, 3.63) is 70.3 Å². The van der Waals surface area contributed by atoms with E-state index in [0.29, 0.717) is 0 Å². The molecule has 0 amide bonds. The Labute approximate surface area is 109 Å². The van der Waals surface area contributed by atoms with Crippen LogP contribution in [0.5, 0.6) is 0 Å². The zero-order valence-electron chi connectivity index (χ0n) is 10.1. The average molecular weight is 260 g/mol. The molecule has 2 aromatic rings. The first-order chi connectivity index (χ1) is 8.66. The number of hydrogen-bond acceptors (Lipinski definition) is 2. The maximum absolute atomic E-state index is 10.6. The Morgan fingerprint density at radius 3 is 2.22 bits per heavy atom. The first-order valence-corrected chi connectivity index (χ1v) is 7.38. The fourth-order valence-corrected chi connectivity index (χ4v) is 3.17. The number of non-ortho nitro benzene ring substituents is 1. The van der Waals surface area contributed by atoms with E-state index in [2.05, 4.69) is 18.4 Å². The van der Waals surface area contributed by atoms with Gasteiger partial charge in [0, 0.05) is 28.6 Å². The lowest BCUT2D eigenvalue weighted by Gasteiger charge is -2.03. The van der Waals surface area contributed by atoms with Gasteiger partial charge in [0.15, 0.2) is 4.90 Å². The van der Waals surface area contributed by atoms with Crippen molar-refractivity contribution < 1.29 is 4.92 Å². The Bertz CT molecular complexity index is 525. The molecule has 0 saturated carbocycles. The molecule has 0 aliphatic carbocycles. The van der Waals surface area contributed by atoms with Crippen LogP contribution in [-0.2, 0) is 16.6 Å². The summed E-state index contributed by atoms with van der Waals surface area (Å²) in [6, 6.07) is 17.1. The summed E-state index contributed by atoms with van der Waals surface area (Å²) in [5.41, 5.74) is 1.44. The van der Waals surface area contributed by atoms with Crippen LogP contribution in [0.4, 0.5) is 5.69 Å². The molecule has 0 aliphatic rings. The third-order valence-electron chi connectivity index (χ3n) is 2.68. The number of nitrogens with zero attached hydrogens (tertiary/aromatic N) is 1. The van der Waals surface area contributed by atoms with Crippen molar-refractivity contribution >= 4 is 16.6 Å². The second kappa shape index (κ2) is 5.69. The molecular weight excluding hydrogens is 246 g/mol. The van der Waals surface area contributed by atoms with E-state index in [9.17, 15) is 10.1 Å². The molecule has 92 valence electrons. The number of rotatable bonds is 4. The molecule has 1 unspecified atom stereocenters. The molecule has 0 bridgehead atoms. The number of hydrogen-bond donors (Lipinski definition) is 0. The SMILES string of the molecule is C[S+](Cc1ccccc1)c1ccc([N+](=O)[O-])cc1. The number of nitro groups is 1. The molecule has 0 N–H and O–H groups in total. The van der Waals surface area contributed by atoms with Gasteiger partial charge in [-0.3, -0.25) is 10.1 Å². The van der Waals surface area contributed by atoms with E-state index in [4.69, 9.17) is 0 Å². The second-order valence-electron chi connectivity index (χ2n) is 4.02. The van der Waals surface area contributed by atoms with E-state index in [1.54, 1.807) is 12.1 Å². The van der Waals surface area contributed by atoms with Crippen LogP contribution in [0.1, 0.15) is 5.56 Å². The summed E-state index contributed by atoms with van der Waals surface area (Å²) in [5, 5.41) is 10.6. The Hall–Kier alpha value is -1.81. The zero-order chi connectivity index (χ0) is 13.0. The summed E-state index contributed by atoms with van der Waals surface area (Å²) in [6.45, 7) is 0. The predicted molar refractivity (Wildman–Crippen MR) is 74.8 cm³/mol. The fraction of sp³-hybridized carbons (Fsp3) is 0.143. The van der Waals surface area contributed by atoms with Crippen LogP contribution in [-0.4, -0.2) is 11.2 Å². The van der Waals surface area contributed by atoms with Crippen molar-refractivity contribution in [2.75, 3.05) is 6.26 Å². The summed E-state index contributed by atoms with van der Waals surface area (Å²) in [7, 11) is 0.0715. The van der Waals surface area contributed by atoms with Gasteiger partial charge < -0.3 is 0 Å². The lowest BCUT2D eigenvalue weighted by Crippen LogP contribution is -2.03. The van der Waals surface area contributed by atoms with Gasteiger partial charge >= 0.3 is 0 Å². The zero-order valence-corrected chi connectivity index (χ0v) is 10.9. The van der Waals surface area contributed by atoms with Gasteiger partial charge in [-0.05, 0) is 12.1 Å². The van der Waals surface area contributed by atoms with Crippen LogP contribution in [0.25, 0.3) is 0 Å². The Balaban J connectivity index is 2.09. The molecule has 0 saturated heterocycles. The van der Waals surface area contributed by atoms with Crippen molar-refractivity contribution in [3.63, 3.8) is 0 Å². The molecule has 0 fully saturated rings. The summed E-state index contributed by atoms with van der Waals surface area (Å²) in [6.07, 6.45) is 2.16. The molecule has 0 spiro atoms. The third kappa shape index (κ3) is 3.11. The highest BCUT2D eigenvalue weighted by atomic mass is 32.2. The smallest absolute Gasteiger partial charge is 0.258 e. The standard InChI is InChI=1S/C14H14NO2S/c1-18(11-12-5-3-2-4-6-12)14-9-7-13(8-10-14)15(16)17/h2-10H,11H2,1H3/q+1. The molecule has 0 radical (unpaired) electrons. The van der Waals surface area contributed by atoms with Crippen molar-refractivity contribution in [3.8, 4) is 0 Å². The van der Waals surface area contributed by atoms with Crippen molar-refractivity contribution in [1.82, 2.24) is 0 Å². The quantitative estimate of drug-likeness (QED) is 0.480. The fourth-order valence-electron chi connectivity index (χ4n) is 1.71. The van der Waals surface area contributed by atoms with Gasteiger partial charge in [-0.25, -0.2) is 0 Å². The highest BCUT2D eigenvalue weighted by molar-refractivity contribution is 7.95. The third-order valence-corrected chi connectivity index (χ3v) is 4.52. The first kappa shape index (κ1) is 12.6. The first-order valence-electron chi connectivity index (χ1n) is 5.58. The second-order valence-corrected chi connectivity index (χ2v) is 6.05. The van der Waals surface area contributed by atoms with E-state index in [1.165, 1.54) is 5.56 Å².